The molecule has 0 heterocycles. The monoisotopic (exact) mass is 417 g/mol. The van der Waals surface area contributed by atoms with Gasteiger partial charge in [0.25, 0.3) is 5.91 Å². The first-order valence-electron chi connectivity index (χ1n) is 9.75. The summed E-state index contributed by atoms with van der Waals surface area (Å²) in [5.41, 5.74) is 2.22. The van der Waals surface area contributed by atoms with Crippen molar-refractivity contribution >= 4 is 23.3 Å². The molecule has 6 nitrogen and oxygen atoms in total. The highest BCUT2D eigenvalue weighted by Gasteiger charge is 2.25. The average Bonchev–Trinajstić information content (AvgIpc) is 2.78. The highest BCUT2D eigenvalue weighted by atomic mass is 16.5. The lowest BCUT2D eigenvalue weighted by atomic mass is 10.1. The van der Waals surface area contributed by atoms with Gasteiger partial charge in [-0.05, 0) is 36.8 Å². The van der Waals surface area contributed by atoms with Crippen LogP contribution in [0.5, 0.6) is 5.75 Å². The van der Waals surface area contributed by atoms with Crippen molar-refractivity contribution < 1.29 is 23.9 Å². The molecule has 0 unspecified atom stereocenters. The number of carbonyl (C=O) groups is 3. The smallest absolute Gasteiger partial charge is 0.311 e. The highest BCUT2D eigenvalue weighted by molar-refractivity contribution is 5.99. The minimum absolute atomic E-state index is 0.0143. The number of rotatable bonds is 8. The maximum atomic E-state index is 13.0. The van der Waals surface area contributed by atoms with Gasteiger partial charge in [-0.2, -0.15) is 0 Å². The predicted molar refractivity (Wildman–Crippen MR) is 117 cm³/mol. The van der Waals surface area contributed by atoms with E-state index in [1.54, 1.807) is 79.9 Å². The molecule has 31 heavy (non-hydrogen) atoms. The first-order chi connectivity index (χ1) is 15.0. The number of Topliss-reactive ketones (excluding diaryl/α,β-unsaturated/α-hetero) is 1. The molecule has 0 saturated carbocycles. The van der Waals surface area contributed by atoms with Gasteiger partial charge in [-0.3, -0.25) is 14.4 Å². The van der Waals surface area contributed by atoms with Crippen LogP contribution in [0.4, 0.5) is 5.69 Å². The van der Waals surface area contributed by atoms with E-state index in [-0.39, 0.29) is 12.2 Å². The van der Waals surface area contributed by atoms with Gasteiger partial charge in [-0.25, -0.2) is 0 Å². The van der Waals surface area contributed by atoms with Crippen LogP contribution in [-0.4, -0.2) is 24.8 Å². The standard InChI is InChI=1S/C25H23NO5/c1-17(27)20-9-6-10-21(16-20)26-25(29)24(19-7-4-3-5-8-19)31-23(28)15-18-11-13-22(30-2)14-12-18/h3-14,16,24H,15H2,1-2H3,(H,26,29)/t24-/m1/s1. The zero-order chi connectivity index (χ0) is 22.2. The summed E-state index contributed by atoms with van der Waals surface area (Å²) in [6, 6.07) is 22.4. The van der Waals surface area contributed by atoms with E-state index in [0.29, 0.717) is 22.6 Å². The molecule has 158 valence electrons. The number of carbonyl (C=O) groups excluding carboxylic acids is 3. The summed E-state index contributed by atoms with van der Waals surface area (Å²) in [5, 5.41) is 2.74. The zero-order valence-electron chi connectivity index (χ0n) is 17.3. The summed E-state index contributed by atoms with van der Waals surface area (Å²) in [7, 11) is 1.57. The Balaban J connectivity index is 1.76. The van der Waals surface area contributed by atoms with Gasteiger partial charge in [0, 0.05) is 16.8 Å². The highest BCUT2D eigenvalue weighted by Crippen LogP contribution is 2.22. The van der Waals surface area contributed by atoms with E-state index in [1.807, 2.05) is 6.07 Å². The van der Waals surface area contributed by atoms with E-state index < -0.39 is 18.0 Å². The van der Waals surface area contributed by atoms with Crippen molar-refractivity contribution in [3.8, 4) is 5.75 Å². The van der Waals surface area contributed by atoms with Crippen molar-refractivity contribution in [3.63, 3.8) is 0 Å². The van der Waals surface area contributed by atoms with Crippen LogP contribution in [0.1, 0.15) is 34.5 Å². The SMILES string of the molecule is COc1ccc(CC(=O)O[C@@H](C(=O)Nc2cccc(C(C)=O)c2)c2ccccc2)cc1. The van der Waals surface area contributed by atoms with Crippen molar-refractivity contribution in [3.05, 3.63) is 95.6 Å². The molecule has 3 rings (SSSR count). The first-order valence-corrected chi connectivity index (χ1v) is 9.75. The van der Waals surface area contributed by atoms with Crippen molar-refractivity contribution in [1.29, 1.82) is 0 Å². The number of esters is 1. The molecule has 0 fully saturated rings. The van der Waals surface area contributed by atoms with Crippen molar-refractivity contribution in [2.45, 2.75) is 19.4 Å². The van der Waals surface area contributed by atoms with Crippen molar-refractivity contribution in [1.82, 2.24) is 0 Å². The number of ether oxygens (including phenoxy) is 2. The normalized spacial score (nSPS) is 11.3. The van der Waals surface area contributed by atoms with Crippen molar-refractivity contribution in [2.24, 2.45) is 0 Å². The fraction of sp³-hybridized carbons (Fsp3) is 0.160. The third kappa shape index (κ3) is 6.02. The summed E-state index contributed by atoms with van der Waals surface area (Å²) < 4.78 is 10.7. The lowest BCUT2D eigenvalue weighted by Gasteiger charge is -2.18. The Labute approximate surface area is 180 Å². The number of hydrogen-bond donors (Lipinski definition) is 1. The van der Waals surface area contributed by atoms with Gasteiger partial charge in [-0.15, -0.1) is 0 Å². The number of amides is 1. The Kier molecular flexibility index (Phi) is 7.17. The van der Waals surface area contributed by atoms with Gasteiger partial charge in [0.05, 0.1) is 13.5 Å². The van der Waals surface area contributed by atoms with Gasteiger partial charge >= 0.3 is 5.97 Å². The fourth-order valence-corrected chi connectivity index (χ4v) is 3.01. The molecule has 3 aromatic rings. The third-order valence-corrected chi connectivity index (χ3v) is 4.63. The first kappa shape index (κ1) is 21.8. The van der Waals surface area contributed by atoms with E-state index in [9.17, 15) is 14.4 Å². The summed E-state index contributed by atoms with van der Waals surface area (Å²) in [5.74, 6) is -0.463. The number of anilines is 1. The molecule has 0 aliphatic carbocycles. The quantitative estimate of drug-likeness (QED) is 0.435. The maximum absolute atomic E-state index is 13.0. The molecule has 3 aromatic carbocycles. The largest absolute Gasteiger partial charge is 0.497 e. The number of ketones is 1. The minimum atomic E-state index is -1.13. The van der Waals surface area contributed by atoms with Crippen LogP contribution in [0.25, 0.3) is 0 Å². The lowest BCUT2D eigenvalue weighted by molar-refractivity contribution is -0.154. The molecule has 0 spiro atoms. The maximum Gasteiger partial charge on any atom is 0.311 e. The summed E-state index contributed by atoms with van der Waals surface area (Å²) in [6.45, 7) is 1.45. The van der Waals surface area contributed by atoms with Crippen LogP contribution in [0.3, 0.4) is 0 Å². The molecule has 1 N–H and O–H groups in total. The third-order valence-electron chi connectivity index (χ3n) is 4.63. The zero-order valence-corrected chi connectivity index (χ0v) is 17.3. The Hall–Kier alpha value is -3.93. The second-order valence-electron chi connectivity index (χ2n) is 6.93. The molecular formula is C25H23NO5. The van der Waals surface area contributed by atoms with E-state index in [2.05, 4.69) is 5.32 Å². The molecule has 0 saturated heterocycles. The molecule has 0 radical (unpaired) electrons. The second kappa shape index (κ2) is 10.2. The van der Waals surface area contributed by atoms with E-state index >= 15 is 0 Å². The second-order valence-corrected chi connectivity index (χ2v) is 6.93. The number of nitrogens with one attached hydrogen (secondary N) is 1. The van der Waals surface area contributed by atoms with Crippen LogP contribution >= 0.6 is 0 Å². The van der Waals surface area contributed by atoms with E-state index in [0.717, 1.165) is 5.56 Å². The van der Waals surface area contributed by atoms with E-state index in [4.69, 9.17) is 9.47 Å². The Morgan fingerprint density at radius 1 is 0.903 bits per heavy atom. The summed E-state index contributed by atoms with van der Waals surface area (Å²) >= 11 is 0. The van der Waals surface area contributed by atoms with Gasteiger partial charge < -0.3 is 14.8 Å². The Morgan fingerprint density at radius 3 is 2.26 bits per heavy atom. The van der Waals surface area contributed by atoms with Crippen LogP contribution in [0.2, 0.25) is 0 Å². The van der Waals surface area contributed by atoms with Gasteiger partial charge in [0.2, 0.25) is 6.10 Å². The van der Waals surface area contributed by atoms with Crippen LogP contribution in [0.15, 0.2) is 78.9 Å². The van der Waals surface area contributed by atoms with E-state index in [1.165, 1.54) is 6.92 Å². The Bertz CT molecular complexity index is 1060. The average molecular weight is 417 g/mol. The van der Waals surface area contributed by atoms with Gasteiger partial charge in [0.15, 0.2) is 5.78 Å². The molecule has 0 aliphatic rings. The van der Waals surface area contributed by atoms with Crippen LogP contribution in [-0.2, 0) is 20.7 Å². The number of hydrogen-bond acceptors (Lipinski definition) is 5. The fourth-order valence-electron chi connectivity index (χ4n) is 3.01. The molecular weight excluding hydrogens is 394 g/mol. The number of benzene rings is 3. The molecule has 0 aliphatic heterocycles. The van der Waals surface area contributed by atoms with Crippen molar-refractivity contribution in [2.75, 3.05) is 12.4 Å². The molecule has 0 bridgehead atoms. The summed E-state index contributed by atoms with van der Waals surface area (Å²) in [4.78, 5) is 37.2. The molecule has 1 atom stereocenters. The van der Waals surface area contributed by atoms with Crippen LogP contribution < -0.4 is 10.1 Å². The van der Waals surface area contributed by atoms with Gasteiger partial charge in [-0.1, -0.05) is 54.6 Å². The molecule has 1 amide bonds. The minimum Gasteiger partial charge on any atom is -0.497 e. The Morgan fingerprint density at radius 2 is 1.61 bits per heavy atom. The molecule has 0 aromatic heterocycles. The summed E-state index contributed by atoms with van der Waals surface area (Å²) in [6.07, 6.45) is -1.12. The van der Waals surface area contributed by atoms with Gasteiger partial charge in [0.1, 0.15) is 5.75 Å². The molecule has 6 heteroatoms. The lowest BCUT2D eigenvalue weighted by Crippen LogP contribution is -2.26. The number of methoxy groups -OCH3 is 1. The van der Waals surface area contributed by atoms with Crippen LogP contribution in [0, 0.1) is 0 Å². The topological polar surface area (TPSA) is 81.7 Å². The predicted octanol–water partition coefficient (Wildman–Crippen LogP) is 4.36.